The Morgan fingerprint density at radius 2 is 2.00 bits per heavy atom. The second-order valence-corrected chi connectivity index (χ2v) is 6.73. The molecule has 1 fully saturated rings. The van der Waals surface area contributed by atoms with E-state index in [2.05, 4.69) is 6.92 Å². The van der Waals surface area contributed by atoms with Crippen LogP contribution in [0, 0.1) is 5.92 Å². The van der Waals surface area contributed by atoms with Gasteiger partial charge in [0.2, 0.25) is 10.0 Å². The Labute approximate surface area is 109 Å². The van der Waals surface area contributed by atoms with Crippen molar-refractivity contribution in [2.24, 2.45) is 11.7 Å². The summed E-state index contributed by atoms with van der Waals surface area (Å²) < 4.78 is 26.5. The number of nitrogens with two attached hydrogens (primary N) is 1. The van der Waals surface area contributed by atoms with Crippen molar-refractivity contribution in [2.45, 2.75) is 30.7 Å². The fourth-order valence-electron chi connectivity index (χ4n) is 2.41. The predicted molar refractivity (Wildman–Crippen MR) is 71.6 cm³/mol. The molecule has 1 aromatic carbocycles. The molecule has 1 saturated heterocycles. The summed E-state index contributed by atoms with van der Waals surface area (Å²) in [5, 5.41) is 0. The normalized spacial score (nSPS) is 26.1. The minimum Gasteiger partial charge on any atom is -0.327 e. The Morgan fingerprint density at radius 1 is 1.33 bits per heavy atom. The highest BCUT2D eigenvalue weighted by atomic mass is 32.2. The molecular weight excluding hydrogens is 248 g/mol. The van der Waals surface area contributed by atoms with Gasteiger partial charge in [-0.1, -0.05) is 31.5 Å². The summed E-state index contributed by atoms with van der Waals surface area (Å²) in [7, 11) is -3.35. The largest absolute Gasteiger partial charge is 0.327 e. The Balaban J connectivity index is 2.22. The molecule has 2 atom stereocenters. The van der Waals surface area contributed by atoms with E-state index in [-0.39, 0.29) is 12.0 Å². The monoisotopic (exact) mass is 268 g/mol. The van der Waals surface area contributed by atoms with Crippen molar-refractivity contribution < 1.29 is 8.42 Å². The Bertz CT molecular complexity index is 487. The minimum absolute atomic E-state index is 0.122. The van der Waals surface area contributed by atoms with Crippen LogP contribution in [0.5, 0.6) is 0 Å². The van der Waals surface area contributed by atoms with E-state index in [4.69, 9.17) is 5.73 Å². The lowest BCUT2D eigenvalue weighted by Crippen LogP contribution is -2.48. The summed E-state index contributed by atoms with van der Waals surface area (Å²) >= 11 is 0. The summed E-state index contributed by atoms with van der Waals surface area (Å²) in [4.78, 5) is 0.371. The van der Waals surface area contributed by atoms with Gasteiger partial charge in [-0.3, -0.25) is 0 Å². The number of sulfonamides is 1. The number of rotatable bonds is 3. The summed E-state index contributed by atoms with van der Waals surface area (Å²) in [6, 6.07) is 8.73. The molecule has 0 radical (unpaired) electrons. The number of piperidine rings is 1. The van der Waals surface area contributed by atoms with Gasteiger partial charge in [0.25, 0.3) is 0 Å². The minimum atomic E-state index is -3.35. The molecule has 1 aromatic rings. The molecule has 18 heavy (non-hydrogen) atoms. The lowest BCUT2D eigenvalue weighted by molar-refractivity contribution is 0.230. The molecule has 2 rings (SSSR count). The zero-order chi connectivity index (χ0) is 13.2. The fourth-order valence-corrected chi connectivity index (χ4v) is 3.94. The van der Waals surface area contributed by atoms with Gasteiger partial charge in [0.15, 0.2) is 0 Å². The lowest BCUT2D eigenvalue weighted by Gasteiger charge is -2.35. The van der Waals surface area contributed by atoms with Crippen molar-refractivity contribution >= 4 is 10.0 Å². The molecule has 0 aromatic heterocycles. The molecule has 0 bridgehead atoms. The summed E-state index contributed by atoms with van der Waals surface area (Å²) in [6.45, 7) is 3.12. The van der Waals surface area contributed by atoms with E-state index in [1.54, 1.807) is 28.6 Å². The van der Waals surface area contributed by atoms with Crippen LogP contribution in [-0.4, -0.2) is 31.9 Å². The zero-order valence-corrected chi connectivity index (χ0v) is 11.4. The van der Waals surface area contributed by atoms with Crippen LogP contribution in [0.15, 0.2) is 35.2 Å². The SMILES string of the molecule is CCC1CN(S(=O)(=O)c2ccccc2)CCC1N. The Kier molecular flexibility index (Phi) is 4.04. The molecule has 1 aliphatic rings. The number of hydrogen-bond acceptors (Lipinski definition) is 3. The molecular formula is C13H20N2O2S. The Morgan fingerprint density at radius 3 is 2.61 bits per heavy atom. The molecule has 0 saturated carbocycles. The third kappa shape index (κ3) is 2.58. The third-order valence-corrected chi connectivity index (χ3v) is 5.54. The second kappa shape index (κ2) is 5.38. The van der Waals surface area contributed by atoms with E-state index in [1.165, 1.54) is 0 Å². The van der Waals surface area contributed by atoms with Crippen molar-refractivity contribution in [1.29, 1.82) is 0 Å². The van der Waals surface area contributed by atoms with Crippen LogP contribution in [0.1, 0.15) is 19.8 Å². The van der Waals surface area contributed by atoms with E-state index in [0.29, 0.717) is 18.0 Å². The van der Waals surface area contributed by atoms with Crippen LogP contribution in [0.4, 0.5) is 0 Å². The van der Waals surface area contributed by atoms with E-state index in [9.17, 15) is 8.42 Å². The number of benzene rings is 1. The highest BCUT2D eigenvalue weighted by molar-refractivity contribution is 7.89. The molecule has 0 aliphatic carbocycles. The molecule has 0 amide bonds. The van der Waals surface area contributed by atoms with E-state index < -0.39 is 10.0 Å². The first-order chi connectivity index (χ1) is 8.55. The molecule has 1 heterocycles. The topological polar surface area (TPSA) is 63.4 Å². The van der Waals surface area contributed by atoms with Crippen molar-refractivity contribution in [3.8, 4) is 0 Å². The average molecular weight is 268 g/mol. The van der Waals surface area contributed by atoms with Crippen molar-refractivity contribution in [3.63, 3.8) is 0 Å². The predicted octanol–water partition coefficient (Wildman–Crippen LogP) is 1.43. The maximum atomic E-state index is 12.4. The van der Waals surface area contributed by atoms with Gasteiger partial charge in [-0.05, 0) is 24.5 Å². The van der Waals surface area contributed by atoms with Crippen LogP contribution in [0.25, 0.3) is 0 Å². The van der Waals surface area contributed by atoms with Gasteiger partial charge in [0, 0.05) is 19.1 Å². The lowest BCUT2D eigenvalue weighted by atomic mass is 9.92. The van der Waals surface area contributed by atoms with Gasteiger partial charge in [-0.2, -0.15) is 4.31 Å². The van der Waals surface area contributed by atoms with Crippen LogP contribution < -0.4 is 5.73 Å². The van der Waals surface area contributed by atoms with Gasteiger partial charge < -0.3 is 5.73 Å². The molecule has 2 unspecified atom stereocenters. The van der Waals surface area contributed by atoms with Crippen molar-refractivity contribution in [3.05, 3.63) is 30.3 Å². The van der Waals surface area contributed by atoms with Crippen molar-refractivity contribution in [2.75, 3.05) is 13.1 Å². The highest BCUT2D eigenvalue weighted by Crippen LogP contribution is 2.24. The molecule has 2 N–H and O–H groups in total. The van der Waals surface area contributed by atoms with Gasteiger partial charge in [-0.15, -0.1) is 0 Å². The summed E-state index contributed by atoms with van der Waals surface area (Å²) in [5.74, 6) is 0.261. The van der Waals surface area contributed by atoms with E-state index >= 15 is 0 Å². The standard InChI is InChI=1S/C13H20N2O2S/c1-2-11-10-15(9-8-13(11)14)18(16,17)12-6-4-3-5-7-12/h3-7,11,13H,2,8-10,14H2,1H3. The average Bonchev–Trinajstić information content (AvgIpc) is 2.40. The first kappa shape index (κ1) is 13.5. The zero-order valence-electron chi connectivity index (χ0n) is 10.6. The van der Waals surface area contributed by atoms with E-state index in [0.717, 1.165) is 12.8 Å². The Hall–Kier alpha value is -0.910. The maximum absolute atomic E-state index is 12.4. The molecule has 0 spiro atoms. The second-order valence-electron chi connectivity index (χ2n) is 4.80. The summed E-state index contributed by atoms with van der Waals surface area (Å²) in [5.41, 5.74) is 6.01. The first-order valence-electron chi connectivity index (χ1n) is 6.36. The summed E-state index contributed by atoms with van der Waals surface area (Å²) in [6.07, 6.45) is 1.66. The van der Waals surface area contributed by atoms with Gasteiger partial charge >= 0.3 is 0 Å². The van der Waals surface area contributed by atoms with Gasteiger partial charge in [0.05, 0.1) is 4.90 Å². The third-order valence-electron chi connectivity index (χ3n) is 3.66. The molecule has 100 valence electrons. The van der Waals surface area contributed by atoms with Crippen LogP contribution in [0.2, 0.25) is 0 Å². The fraction of sp³-hybridized carbons (Fsp3) is 0.538. The van der Waals surface area contributed by atoms with Crippen LogP contribution >= 0.6 is 0 Å². The first-order valence-corrected chi connectivity index (χ1v) is 7.80. The smallest absolute Gasteiger partial charge is 0.243 e. The van der Waals surface area contributed by atoms with Gasteiger partial charge in [0.1, 0.15) is 0 Å². The van der Waals surface area contributed by atoms with Crippen LogP contribution in [-0.2, 0) is 10.0 Å². The number of nitrogens with zero attached hydrogens (tertiary/aromatic N) is 1. The van der Waals surface area contributed by atoms with E-state index in [1.807, 2.05) is 6.07 Å². The molecule has 1 aliphatic heterocycles. The quantitative estimate of drug-likeness (QED) is 0.902. The molecule has 4 nitrogen and oxygen atoms in total. The van der Waals surface area contributed by atoms with Crippen LogP contribution in [0.3, 0.4) is 0 Å². The number of hydrogen-bond donors (Lipinski definition) is 1. The highest BCUT2D eigenvalue weighted by Gasteiger charge is 2.32. The maximum Gasteiger partial charge on any atom is 0.243 e. The van der Waals surface area contributed by atoms with Crippen molar-refractivity contribution in [1.82, 2.24) is 4.31 Å². The molecule has 5 heteroatoms. The van der Waals surface area contributed by atoms with Gasteiger partial charge in [-0.25, -0.2) is 8.42 Å².